The number of nitrogens with two attached hydrogens (primary N) is 1. The highest BCUT2D eigenvalue weighted by atomic mass is 32.2. The lowest BCUT2D eigenvalue weighted by atomic mass is 9.92. The number of nitrogens with zero attached hydrogens (tertiary/aromatic N) is 2. The molecule has 2 fully saturated rings. The molecule has 11 heteroatoms. The molecule has 1 spiro atoms. The second-order valence-electron chi connectivity index (χ2n) is 6.74. The molecule has 1 atom stereocenters. The molecular weight excluding hydrogens is 375 g/mol. The van der Waals surface area contributed by atoms with Gasteiger partial charge in [-0.05, 0) is 30.6 Å². The lowest BCUT2D eigenvalue weighted by Gasteiger charge is -2.30. The number of alkyl halides is 3. The van der Waals surface area contributed by atoms with E-state index in [1.807, 2.05) is 0 Å². The summed E-state index contributed by atoms with van der Waals surface area (Å²) in [5.74, 6) is 0.326. The summed E-state index contributed by atoms with van der Waals surface area (Å²) < 4.78 is 70.7. The Morgan fingerprint density at radius 2 is 1.85 bits per heavy atom. The van der Waals surface area contributed by atoms with Gasteiger partial charge >= 0.3 is 6.18 Å². The molecule has 1 aliphatic heterocycles. The number of ether oxygens (including phenoxy) is 2. The minimum absolute atomic E-state index is 0.0611. The number of halogens is 3. The topological polar surface area (TPSA) is 94.8 Å². The fraction of sp³-hybridized carbons (Fsp3) is 0.667. The second-order valence-corrected chi connectivity index (χ2v) is 8.28. The van der Waals surface area contributed by atoms with Gasteiger partial charge in [-0.3, -0.25) is 0 Å². The number of pyridine rings is 1. The van der Waals surface area contributed by atoms with Gasteiger partial charge in [0.25, 0.3) is 10.2 Å². The first-order chi connectivity index (χ1) is 12.1. The lowest BCUT2D eigenvalue weighted by molar-refractivity contribution is -0.154. The van der Waals surface area contributed by atoms with E-state index < -0.39 is 23.0 Å². The molecule has 0 aromatic carbocycles. The monoisotopic (exact) mass is 395 g/mol. The van der Waals surface area contributed by atoms with Gasteiger partial charge in [0.05, 0.1) is 6.61 Å². The third-order valence-corrected chi connectivity index (χ3v) is 6.04. The van der Waals surface area contributed by atoms with Crippen molar-refractivity contribution in [3.63, 3.8) is 0 Å². The summed E-state index contributed by atoms with van der Waals surface area (Å²) in [7, 11) is -3.64. The summed E-state index contributed by atoms with van der Waals surface area (Å²) in [4.78, 5) is 3.90. The smallest absolute Gasteiger partial charge is 0.422 e. The largest absolute Gasteiger partial charge is 0.477 e. The Kier molecular flexibility index (Phi) is 5.06. The number of piperidine rings is 1. The Balaban J connectivity index is 1.48. The van der Waals surface area contributed by atoms with Crippen LogP contribution in [0.3, 0.4) is 0 Å². The van der Waals surface area contributed by atoms with E-state index in [-0.39, 0.29) is 23.1 Å². The Morgan fingerprint density at radius 3 is 2.42 bits per heavy atom. The van der Waals surface area contributed by atoms with Crippen molar-refractivity contribution in [2.45, 2.75) is 25.4 Å². The van der Waals surface area contributed by atoms with Gasteiger partial charge < -0.3 is 9.47 Å². The standard InChI is InChI=1S/C15H20F3N3O4S/c16-15(17,18)10-25-13-3-1-2-12(20-13)24-9-11-8-14(11)4-6-21(7-5-14)26(19,22)23/h1-3,11H,4-10H2,(H2,19,22,23)/t11-/m1/s1. The first kappa shape index (κ1) is 19.2. The summed E-state index contributed by atoms with van der Waals surface area (Å²) in [6, 6.07) is 4.40. The van der Waals surface area contributed by atoms with Crippen molar-refractivity contribution in [3.8, 4) is 11.8 Å². The predicted molar refractivity (Wildman–Crippen MR) is 85.7 cm³/mol. The highest BCUT2D eigenvalue weighted by Crippen LogP contribution is 2.59. The molecule has 0 amide bonds. The van der Waals surface area contributed by atoms with Crippen molar-refractivity contribution in [2.24, 2.45) is 16.5 Å². The van der Waals surface area contributed by atoms with Crippen molar-refractivity contribution in [1.82, 2.24) is 9.29 Å². The molecule has 1 aliphatic carbocycles. The van der Waals surface area contributed by atoms with Crippen LogP contribution in [0.15, 0.2) is 18.2 Å². The lowest BCUT2D eigenvalue weighted by Crippen LogP contribution is -2.43. The number of aromatic nitrogens is 1. The van der Waals surface area contributed by atoms with Crippen LogP contribution in [0.4, 0.5) is 13.2 Å². The fourth-order valence-electron chi connectivity index (χ4n) is 3.36. The van der Waals surface area contributed by atoms with Crippen LogP contribution in [0.1, 0.15) is 19.3 Å². The zero-order valence-electron chi connectivity index (χ0n) is 13.9. The van der Waals surface area contributed by atoms with Crippen LogP contribution in [0, 0.1) is 11.3 Å². The molecular formula is C15H20F3N3O4S. The minimum atomic E-state index is -4.43. The van der Waals surface area contributed by atoms with Crippen LogP contribution in [0.2, 0.25) is 0 Å². The summed E-state index contributed by atoms with van der Waals surface area (Å²) in [6.07, 6.45) is -2.06. The first-order valence-electron chi connectivity index (χ1n) is 8.15. The molecule has 26 heavy (non-hydrogen) atoms. The predicted octanol–water partition coefficient (Wildman–Crippen LogP) is 1.71. The molecule has 7 nitrogen and oxygen atoms in total. The van der Waals surface area contributed by atoms with E-state index in [1.54, 1.807) is 6.07 Å². The Labute approximate surface area is 149 Å². The normalized spacial score (nSPS) is 23.0. The molecule has 0 unspecified atom stereocenters. The average molecular weight is 395 g/mol. The van der Waals surface area contributed by atoms with Crippen molar-refractivity contribution in [1.29, 1.82) is 0 Å². The van der Waals surface area contributed by atoms with E-state index in [0.29, 0.717) is 19.7 Å². The van der Waals surface area contributed by atoms with Gasteiger partial charge in [0.2, 0.25) is 11.8 Å². The van der Waals surface area contributed by atoms with E-state index in [0.717, 1.165) is 19.3 Å². The zero-order valence-corrected chi connectivity index (χ0v) is 14.7. The maximum Gasteiger partial charge on any atom is 0.422 e. The maximum atomic E-state index is 12.2. The Hall–Kier alpha value is -1.59. The molecule has 2 heterocycles. The molecule has 1 saturated carbocycles. The molecule has 1 saturated heterocycles. The summed E-state index contributed by atoms with van der Waals surface area (Å²) in [5, 5.41) is 5.14. The number of hydrogen-bond acceptors (Lipinski definition) is 5. The van der Waals surface area contributed by atoms with E-state index in [2.05, 4.69) is 9.72 Å². The van der Waals surface area contributed by atoms with Crippen LogP contribution in [-0.4, -0.2) is 50.2 Å². The van der Waals surface area contributed by atoms with E-state index in [9.17, 15) is 21.6 Å². The fourth-order valence-corrected chi connectivity index (χ4v) is 4.06. The van der Waals surface area contributed by atoms with Gasteiger partial charge in [0.15, 0.2) is 6.61 Å². The van der Waals surface area contributed by atoms with Crippen molar-refractivity contribution < 1.29 is 31.1 Å². The molecule has 1 aromatic rings. The third-order valence-electron chi connectivity index (χ3n) is 4.95. The molecule has 0 radical (unpaired) electrons. The average Bonchev–Trinajstić information content (AvgIpc) is 3.22. The van der Waals surface area contributed by atoms with Crippen LogP contribution in [-0.2, 0) is 10.2 Å². The van der Waals surface area contributed by atoms with Gasteiger partial charge in [0.1, 0.15) is 0 Å². The third kappa shape index (κ3) is 4.77. The highest BCUT2D eigenvalue weighted by Gasteiger charge is 2.55. The van der Waals surface area contributed by atoms with Gasteiger partial charge in [-0.25, -0.2) is 5.14 Å². The number of hydrogen-bond donors (Lipinski definition) is 1. The molecule has 2 N–H and O–H groups in total. The molecule has 146 valence electrons. The maximum absolute atomic E-state index is 12.2. The summed E-state index contributed by atoms with van der Waals surface area (Å²) in [5.41, 5.74) is 0.0611. The van der Waals surface area contributed by atoms with Crippen molar-refractivity contribution >= 4 is 10.2 Å². The number of rotatable bonds is 6. The second kappa shape index (κ2) is 6.86. The van der Waals surface area contributed by atoms with E-state index in [1.165, 1.54) is 16.4 Å². The van der Waals surface area contributed by atoms with Crippen molar-refractivity contribution in [3.05, 3.63) is 18.2 Å². The molecule has 1 aromatic heterocycles. The van der Waals surface area contributed by atoms with Crippen LogP contribution in [0.5, 0.6) is 11.8 Å². The quantitative estimate of drug-likeness (QED) is 0.791. The van der Waals surface area contributed by atoms with Crippen LogP contribution < -0.4 is 14.6 Å². The Bertz CT molecular complexity index is 749. The van der Waals surface area contributed by atoms with Gasteiger partial charge in [-0.1, -0.05) is 6.07 Å². The summed E-state index contributed by atoms with van der Waals surface area (Å²) >= 11 is 0. The summed E-state index contributed by atoms with van der Waals surface area (Å²) in [6.45, 7) is -0.233. The first-order valence-corrected chi connectivity index (χ1v) is 9.65. The molecule has 2 aliphatic rings. The van der Waals surface area contributed by atoms with Gasteiger partial charge in [0, 0.05) is 25.2 Å². The van der Waals surface area contributed by atoms with E-state index in [4.69, 9.17) is 9.88 Å². The SMILES string of the molecule is NS(=O)(=O)N1CCC2(CC1)C[C@@H]2COc1cccc(OCC(F)(F)F)n1. The molecule has 0 bridgehead atoms. The molecule has 3 rings (SSSR count). The minimum Gasteiger partial charge on any atom is -0.477 e. The van der Waals surface area contributed by atoms with Gasteiger partial charge in [-0.15, -0.1) is 0 Å². The highest BCUT2D eigenvalue weighted by molar-refractivity contribution is 7.86. The van der Waals surface area contributed by atoms with Gasteiger partial charge in [-0.2, -0.15) is 30.9 Å². The zero-order chi connectivity index (χ0) is 19.0. The van der Waals surface area contributed by atoms with Crippen LogP contribution >= 0.6 is 0 Å². The van der Waals surface area contributed by atoms with Crippen LogP contribution in [0.25, 0.3) is 0 Å². The van der Waals surface area contributed by atoms with E-state index >= 15 is 0 Å². The van der Waals surface area contributed by atoms with Crippen molar-refractivity contribution in [2.75, 3.05) is 26.3 Å². The Morgan fingerprint density at radius 1 is 1.23 bits per heavy atom.